The zero-order valence-corrected chi connectivity index (χ0v) is 16.2. The molecule has 1 atom stereocenters. The van der Waals surface area contributed by atoms with Crippen LogP contribution in [0.15, 0.2) is 65.9 Å². The summed E-state index contributed by atoms with van der Waals surface area (Å²) in [5.41, 5.74) is 2.39. The zero-order chi connectivity index (χ0) is 20.3. The van der Waals surface area contributed by atoms with Gasteiger partial charge in [-0.2, -0.15) is 0 Å². The first-order valence-corrected chi connectivity index (χ1v) is 9.10. The van der Waals surface area contributed by atoms with Gasteiger partial charge in [-0.15, -0.1) is 0 Å². The highest BCUT2D eigenvalue weighted by atomic mass is 32.1. The summed E-state index contributed by atoms with van der Waals surface area (Å²) in [5.74, 6) is -0.510. The number of hydrogen-bond acceptors (Lipinski definition) is 5. The van der Waals surface area contributed by atoms with Crippen LogP contribution >= 0.6 is 12.2 Å². The van der Waals surface area contributed by atoms with Crippen molar-refractivity contribution in [2.75, 3.05) is 12.0 Å². The van der Waals surface area contributed by atoms with Gasteiger partial charge in [-0.25, -0.2) is 4.79 Å². The molecule has 0 saturated heterocycles. The van der Waals surface area contributed by atoms with Crippen LogP contribution in [0, 0.1) is 10.1 Å². The molecular formula is C20H19N3O4S. The van der Waals surface area contributed by atoms with Gasteiger partial charge in [-0.05, 0) is 36.3 Å². The van der Waals surface area contributed by atoms with Crippen molar-refractivity contribution >= 4 is 34.7 Å². The fourth-order valence-electron chi connectivity index (χ4n) is 3.28. The minimum Gasteiger partial charge on any atom is -0.466 e. The van der Waals surface area contributed by atoms with Gasteiger partial charge in [0.1, 0.15) is 0 Å². The normalized spacial score (nSPS) is 16.6. The van der Waals surface area contributed by atoms with E-state index in [-0.39, 0.29) is 5.69 Å². The number of carbonyl (C=O) groups excluding carboxylic acids is 1. The molecular weight excluding hydrogens is 378 g/mol. The summed E-state index contributed by atoms with van der Waals surface area (Å²) in [6, 6.07) is 15.0. The average molecular weight is 397 g/mol. The first-order chi connectivity index (χ1) is 13.5. The predicted molar refractivity (Wildman–Crippen MR) is 110 cm³/mol. The fraction of sp³-hybridized carbons (Fsp3) is 0.200. The van der Waals surface area contributed by atoms with Gasteiger partial charge in [0.15, 0.2) is 5.11 Å². The van der Waals surface area contributed by atoms with Crippen LogP contribution in [-0.2, 0) is 9.53 Å². The number of nitrogens with zero attached hydrogens (tertiary/aromatic N) is 2. The Balaban J connectivity index is 2.19. The lowest BCUT2D eigenvalue weighted by molar-refractivity contribution is -0.384. The second-order valence-corrected chi connectivity index (χ2v) is 6.50. The Hall–Kier alpha value is -3.26. The van der Waals surface area contributed by atoms with E-state index in [9.17, 15) is 14.9 Å². The number of nitrogens with one attached hydrogen (secondary N) is 1. The van der Waals surface area contributed by atoms with Crippen LogP contribution in [0.4, 0.5) is 11.4 Å². The third-order valence-corrected chi connectivity index (χ3v) is 4.81. The SMILES string of the molecule is CCC1=C(C(=O)OC)[C@@H](c2cccc([N+](=O)[O-])c2)NC(=S)N1c1ccccc1. The molecule has 0 aromatic heterocycles. The average Bonchev–Trinajstić information content (AvgIpc) is 2.72. The molecule has 0 fully saturated rings. The number of nitro benzene ring substituents is 1. The van der Waals surface area contributed by atoms with Crippen LogP contribution in [0.3, 0.4) is 0 Å². The fourth-order valence-corrected chi connectivity index (χ4v) is 3.62. The van der Waals surface area contributed by atoms with Crippen molar-refractivity contribution < 1.29 is 14.5 Å². The molecule has 1 aliphatic heterocycles. The molecule has 3 rings (SSSR count). The number of thiocarbonyl (C=S) groups is 1. The number of anilines is 1. The summed E-state index contributed by atoms with van der Waals surface area (Å²) in [5, 5.41) is 14.7. The highest BCUT2D eigenvalue weighted by molar-refractivity contribution is 7.80. The molecule has 1 aliphatic rings. The third kappa shape index (κ3) is 3.59. The second kappa shape index (κ2) is 8.18. The van der Waals surface area contributed by atoms with Crippen molar-refractivity contribution in [1.29, 1.82) is 0 Å². The lowest BCUT2D eigenvalue weighted by Crippen LogP contribution is -2.48. The van der Waals surface area contributed by atoms with Gasteiger partial charge in [-0.1, -0.05) is 37.3 Å². The highest BCUT2D eigenvalue weighted by Crippen LogP contribution is 2.36. The summed E-state index contributed by atoms with van der Waals surface area (Å²) in [6.45, 7) is 1.92. The van der Waals surface area contributed by atoms with Crippen molar-refractivity contribution in [2.24, 2.45) is 0 Å². The molecule has 0 unspecified atom stereocenters. The predicted octanol–water partition coefficient (Wildman–Crippen LogP) is 3.87. The zero-order valence-electron chi connectivity index (χ0n) is 15.4. The monoisotopic (exact) mass is 397 g/mol. The van der Waals surface area contributed by atoms with Gasteiger partial charge in [0.25, 0.3) is 5.69 Å². The molecule has 0 bridgehead atoms. The van der Waals surface area contributed by atoms with Crippen LogP contribution < -0.4 is 10.2 Å². The number of nitro groups is 1. The maximum atomic E-state index is 12.7. The Bertz CT molecular complexity index is 959. The van der Waals surface area contributed by atoms with Gasteiger partial charge in [0, 0.05) is 23.5 Å². The number of rotatable bonds is 5. The molecule has 2 aromatic carbocycles. The summed E-state index contributed by atoms with van der Waals surface area (Å²) >= 11 is 5.58. The largest absolute Gasteiger partial charge is 0.466 e. The van der Waals surface area contributed by atoms with Crippen molar-refractivity contribution in [3.63, 3.8) is 0 Å². The van der Waals surface area contributed by atoms with E-state index in [2.05, 4.69) is 5.32 Å². The molecule has 7 nitrogen and oxygen atoms in total. The number of esters is 1. The topological polar surface area (TPSA) is 84.7 Å². The summed E-state index contributed by atoms with van der Waals surface area (Å²) in [6.07, 6.45) is 0.520. The van der Waals surface area contributed by atoms with Crippen molar-refractivity contribution in [3.8, 4) is 0 Å². The number of para-hydroxylation sites is 1. The Kier molecular flexibility index (Phi) is 5.70. The standard InChI is InChI=1S/C20H19N3O4S/c1-3-16-17(19(24)27-2)18(13-8-7-11-15(12-13)23(25)26)21-20(28)22(16)14-9-5-4-6-10-14/h4-12,18H,3H2,1-2H3,(H,21,28)/t18-/m1/s1. The van der Waals surface area contributed by atoms with Gasteiger partial charge in [0.05, 0.1) is 23.6 Å². The van der Waals surface area contributed by atoms with Crippen LogP contribution in [0.5, 0.6) is 0 Å². The molecule has 0 amide bonds. The minimum atomic E-state index is -0.644. The highest BCUT2D eigenvalue weighted by Gasteiger charge is 2.36. The molecule has 1 heterocycles. The molecule has 144 valence electrons. The summed E-state index contributed by atoms with van der Waals surface area (Å²) in [4.78, 5) is 25.2. The van der Waals surface area contributed by atoms with Gasteiger partial charge < -0.3 is 10.1 Å². The Labute approximate surface area is 167 Å². The van der Waals surface area contributed by atoms with E-state index in [1.165, 1.54) is 19.2 Å². The number of methoxy groups -OCH3 is 1. The van der Waals surface area contributed by atoms with Crippen LogP contribution in [-0.4, -0.2) is 23.1 Å². The number of hydrogen-bond donors (Lipinski definition) is 1. The Morgan fingerprint density at radius 1 is 1.25 bits per heavy atom. The maximum absolute atomic E-state index is 12.7. The van der Waals surface area contributed by atoms with E-state index >= 15 is 0 Å². The van der Waals surface area contributed by atoms with E-state index < -0.39 is 16.9 Å². The van der Waals surface area contributed by atoms with Gasteiger partial charge >= 0.3 is 5.97 Å². The van der Waals surface area contributed by atoms with Crippen LogP contribution in [0.25, 0.3) is 0 Å². The number of allylic oxidation sites excluding steroid dienone is 1. The number of benzene rings is 2. The molecule has 0 radical (unpaired) electrons. The number of ether oxygens (including phenoxy) is 1. The van der Waals surface area contributed by atoms with E-state index in [4.69, 9.17) is 17.0 Å². The maximum Gasteiger partial charge on any atom is 0.337 e. The van der Waals surface area contributed by atoms with E-state index in [0.29, 0.717) is 28.4 Å². The minimum absolute atomic E-state index is 0.0574. The van der Waals surface area contributed by atoms with E-state index in [1.807, 2.05) is 37.3 Å². The molecule has 1 N–H and O–H groups in total. The van der Waals surface area contributed by atoms with Crippen LogP contribution in [0.2, 0.25) is 0 Å². The van der Waals surface area contributed by atoms with Gasteiger partial charge in [0.2, 0.25) is 0 Å². The number of non-ortho nitro benzene ring substituents is 1. The van der Waals surface area contributed by atoms with Gasteiger partial charge in [-0.3, -0.25) is 15.0 Å². The lowest BCUT2D eigenvalue weighted by Gasteiger charge is -2.38. The Morgan fingerprint density at radius 3 is 2.57 bits per heavy atom. The molecule has 0 spiro atoms. The van der Waals surface area contributed by atoms with Crippen LogP contribution in [0.1, 0.15) is 24.9 Å². The third-order valence-electron chi connectivity index (χ3n) is 4.51. The van der Waals surface area contributed by atoms with E-state index in [0.717, 1.165) is 5.69 Å². The lowest BCUT2D eigenvalue weighted by atomic mass is 9.93. The summed E-state index contributed by atoms with van der Waals surface area (Å²) in [7, 11) is 1.31. The molecule has 8 heteroatoms. The van der Waals surface area contributed by atoms with Crippen molar-refractivity contribution in [3.05, 3.63) is 81.5 Å². The summed E-state index contributed by atoms with van der Waals surface area (Å²) < 4.78 is 5.03. The smallest absolute Gasteiger partial charge is 0.337 e. The second-order valence-electron chi connectivity index (χ2n) is 6.11. The number of carbonyl (C=O) groups is 1. The molecule has 0 aliphatic carbocycles. The quantitative estimate of drug-likeness (QED) is 0.355. The van der Waals surface area contributed by atoms with Crippen molar-refractivity contribution in [1.82, 2.24) is 5.32 Å². The Morgan fingerprint density at radius 2 is 1.96 bits per heavy atom. The first-order valence-electron chi connectivity index (χ1n) is 8.69. The molecule has 28 heavy (non-hydrogen) atoms. The molecule has 2 aromatic rings. The van der Waals surface area contributed by atoms with E-state index in [1.54, 1.807) is 17.0 Å². The van der Waals surface area contributed by atoms with Crippen molar-refractivity contribution in [2.45, 2.75) is 19.4 Å². The molecule has 0 saturated carbocycles. The first kappa shape index (κ1) is 19.5.